The number of thioether (sulfide) groups is 1. The molecule has 11 nitrogen and oxygen atoms in total. The predicted octanol–water partition coefficient (Wildman–Crippen LogP) is 2.22. The normalized spacial score (nSPS) is 18.2. The molecule has 2 amide bonds. The van der Waals surface area contributed by atoms with Gasteiger partial charge in [-0.25, -0.2) is 4.79 Å². The van der Waals surface area contributed by atoms with Crippen molar-refractivity contribution >= 4 is 23.5 Å². The third kappa shape index (κ3) is 7.97. The highest BCUT2D eigenvalue weighted by molar-refractivity contribution is 7.99. The zero-order valence-electron chi connectivity index (χ0n) is 27.0. The summed E-state index contributed by atoms with van der Waals surface area (Å²) in [6.45, 7) is 7.13. The second-order valence-electron chi connectivity index (χ2n) is 12.7. The van der Waals surface area contributed by atoms with Crippen molar-refractivity contribution < 1.29 is 15.0 Å². The van der Waals surface area contributed by atoms with Gasteiger partial charge in [0.25, 0.3) is 5.56 Å². The summed E-state index contributed by atoms with van der Waals surface area (Å²) in [4.78, 5) is 32.8. The molecule has 1 aromatic heterocycles. The zero-order chi connectivity index (χ0) is 32.9. The van der Waals surface area contributed by atoms with E-state index in [0.29, 0.717) is 43.2 Å². The molecule has 3 aliphatic rings. The average molecular weight is 660 g/mol. The molecule has 0 spiro atoms. The standard InChI is InChI=1S/C35H45N7O4S/c1-24-32(27-8-9-29-19-40(14-11-26(29)15-27)22-33(44)47-23-36)17-38-42(34(24)45)30-7-4-12-41(20-30)35(46)37-16-31(43)21-39-13-10-25-5-2-3-6-28(25)18-39/h2-3,5-9,15,17,31,33,43-44H,4,10-14,16,18-23,36H2,1H3,(H,37,46)/t31-,33-/m0/s1. The van der Waals surface area contributed by atoms with Gasteiger partial charge in [-0.05, 0) is 54.0 Å². The van der Waals surface area contributed by atoms with Gasteiger partial charge in [-0.1, -0.05) is 48.5 Å². The Kier molecular flexibility index (Phi) is 10.8. The molecular weight excluding hydrogens is 614 g/mol. The first-order valence-electron chi connectivity index (χ1n) is 16.4. The Morgan fingerprint density at radius 3 is 2.49 bits per heavy atom. The maximum atomic E-state index is 13.6. The van der Waals surface area contributed by atoms with Gasteiger partial charge in [0.1, 0.15) is 5.44 Å². The molecular formula is C35H45N7O4S. The number of hydrogen-bond donors (Lipinski definition) is 4. The Balaban J connectivity index is 1.04. The number of nitrogens with zero attached hydrogens (tertiary/aromatic N) is 5. The molecule has 0 saturated carbocycles. The van der Waals surface area contributed by atoms with Gasteiger partial charge in [-0.15, -0.1) is 11.8 Å². The minimum Gasteiger partial charge on any atom is -0.390 e. The van der Waals surface area contributed by atoms with Crippen LogP contribution in [0, 0.1) is 6.92 Å². The summed E-state index contributed by atoms with van der Waals surface area (Å²) in [5, 5.41) is 28.3. The van der Waals surface area contributed by atoms with Gasteiger partial charge >= 0.3 is 6.03 Å². The van der Waals surface area contributed by atoms with E-state index in [2.05, 4.69) is 50.5 Å². The van der Waals surface area contributed by atoms with Crippen LogP contribution in [0.3, 0.4) is 0 Å². The van der Waals surface area contributed by atoms with Crippen molar-refractivity contribution in [3.63, 3.8) is 0 Å². The Morgan fingerprint density at radius 1 is 0.979 bits per heavy atom. The van der Waals surface area contributed by atoms with Crippen molar-refractivity contribution in [3.8, 4) is 11.1 Å². The highest BCUT2D eigenvalue weighted by atomic mass is 32.2. The maximum Gasteiger partial charge on any atom is 0.317 e. The number of carbonyl (C=O) groups is 1. The largest absolute Gasteiger partial charge is 0.390 e. The molecule has 12 heteroatoms. The number of hydrogen-bond acceptors (Lipinski definition) is 9. The Bertz CT molecular complexity index is 1680. The number of aliphatic hydroxyl groups is 2. The van der Waals surface area contributed by atoms with Crippen LogP contribution in [0.15, 0.2) is 59.5 Å². The van der Waals surface area contributed by atoms with Crippen LogP contribution < -0.4 is 16.6 Å². The molecule has 0 saturated heterocycles. The monoisotopic (exact) mass is 659 g/mol. The Labute approximate surface area is 280 Å². The molecule has 5 N–H and O–H groups in total. The number of benzene rings is 2. The number of aliphatic hydroxyl groups excluding tert-OH is 2. The number of rotatable bonds is 10. The van der Waals surface area contributed by atoms with E-state index in [9.17, 15) is 19.8 Å². The molecule has 3 aromatic rings. The average Bonchev–Trinajstić information content (AvgIpc) is 3.08. The van der Waals surface area contributed by atoms with Gasteiger partial charge in [0.15, 0.2) is 0 Å². The first kappa shape index (κ1) is 33.4. The van der Waals surface area contributed by atoms with Gasteiger partial charge in [-0.2, -0.15) is 9.78 Å². The molecule has 6 rings (SSSR count). The zero-order valence-corrected chi connectivity index (χ0v) is 27.8. The summed E-state index contributed by atoms with van der Waals surface area (Å²) in [5.74, 6) is 0.396. The van der Waals surface area contributed by atoms with Crippen LogP contribution in [-0.2, 0) is 25.9 Å². The van der Waals surface area contributed by atoms with E-state index >= 15 is 0 Å². The van der Waals surface area contributed by atoms with E-state index < -0.39 is 11.5 Å². The van der Waals surface area contributed by atoms with E-state index in [1.54, 1.807) is 11.1 Å². The molecule has 0 unspecified atom stereocenters. The summed E-state index contributed by atoms with van der Waals surface area (Å²) in [7, 11) is 0. The lowest BCUT2D eigenvalue weighted by molar-refractivity contribution is 0.104. The lowest BCUT2D eigenvalue weighted by atomic mass is 9.94. The van der Waals surface area contributed by atoms with Gasteiger partial charge in [-0.3, -0.25) is 14.6 Å². The first-order valence-corrected chi connectivity index (χ1v) is 17.5. The number of β-amino-alcohol motifs (C(OH)–C–C–N with tert-alkyl or cyclic N) is 2. The third-order valence-corrected chi connectivity index (χ3v) is 10.1. The van der Waals surface area contributed by atoms with Crippen molar-refractivity contribution in [2.24, 2.45) is 5.73 Å². The highest BCUT2D eigenvalue weighted by Gasteiger charge is 2.24. The van der Waals surface area contributed by atoms with E-state index in [-0.39, 0.29) is 24.7 Å². The number of nitrogens with one attached hydrogen (secondary N) is 1. The van der Waals surface area contributed by atoms with Crippen LogP contribution in [0.2, 0.25) is 0 Å². The number of fused-ring (bicyclic) bond motifs is 2. The van der Waals surface area contributed by atoms with E-state index in [1.165, 1.54) is 38.7 Å². The van der Waals surface area contributed by atoms with Crippen molar-refractivity contribution in [1.29, 1.82) is 0 Å². The maximum absolute atomic E-state index is 13.6. The topological polar surface area (TPSA) is 140 Å². The summed E-state index contributed by atoms with van der Waals surface area (Å²) >= 11 is 1.34. The Morgan fingerprint density at radius 2 is 1.70 bits per heavy atom. The predicted molar refractivity (Wildman–Crippen MR) is 186 cm³/mol. The number of aromatic nitrogens is 2. The smallest absolute Gasteiger partial charge is 0.317 e. The van der Waals surface area contributed by atoms with Gasteiger partial charge in [0.05, 0.1) is 24.5 Å². The van der Waals surface area contributed by atoms with Gasteiger partial charge in [0.2, 0.25) is 0 Å². The van der Waals surface area contributed by atoms with Gasteiger partial charge in [0, 0.05) is 69.4 Å². The second-order valence-corrected chi connectivity index (χ2v) is 13.9. The van der Waals surface area contributed by atoms with Crippen molar-refractivity contribution in [3.05, 3.63) is 92.9 Å². The van der Waals surface area contributed by atoms with Crippen molar-refractivity contribution in [2.45, 2.75) is 50.8 Å². The van der Waals surface area contributed by atoms with Crippen LogP contribution in [0.5, 0.6) is 0 Å². The number of amides is 2. The molecule has 0 bridgehead atoms. The van der Waals surface area contributed by atoms with Crippen LogP contribution in [0.1, 0.15) is 34.2 Å². The molecule has 47 heavy (non-hydrogen) atoms. The molecule has 3 aliphatic heterocycles. The molecule has 4 heterocycles. The van der Waals surface area contributed by atoms with Crippen LogP contribution >= 0.6 is 11.8 Å². The van der Waals surface area contributed by atoms with Gasteiger partial charge < -0.3 is 26.2 Å². The first-order chi connectivity index (χ1) is 22.8. The number of urea groups is 1. The number of carbonyl (C=O) groups excluding carboxylic acids is 1. The molecule has 0 aliphatic carbocycles. The lowest BCUT2D eigenvalue weighted by Crippen LogP contribution is -2.48. The van der Waals surface area contributed by atoms with Crippen LogP contribution in [-0.4, -0.2) is 104 Å². The van der Waals surface area contributed by atoms with Crippen LogP contribution in [0.25, 0.3) is 16.8 Å². The van der Waals surface area contributed by atoms with E-state index in [0.717, 1.165) is 50.1 Å². The number of nitrogens with two attached hydrogens (primary N) is 1. The molecule has 2 atom stereocenters. The quantitative estimate of drug-likeness (QED) is 0.241. The fourth-order valence-corrected chi connectivity index (χ4v) is 7.33. The Hall–Kier alpha value is -3.52. The van der Waals surface area contributed by atoms with E-state index in [4.69, 9.17) is 5.73 Å². The summed E-state index contributed by atoms with van der Waals surface area (Å²) in [6, 6.07) is 14.4. The molecule has 2 aromatic carbocycles. The minimum atomic E-state index is -0.681. The van der Waals surface area contributed by atoms with Crippen molar-refractivity contribution in [1.82, 2.24) is 29.8 Å². The minimum absolute atomic E-state index is 0.159. The highest BCUT2D eigenvalue weighted by Crippen LogP contribution is 2.28. The van der Waals surface area contributed by atoms with Crippen LogP contribution in [0.4, 0.5) is 4.79 Å². The third-order valence-electron chi connectivity index (χ3n) is 9.39. The fraction of sp³-hybridized carbons (Fsp3) is 0.457. The summed E-state index contributed by atoms with van der Waals surface area (Å²) in [6.07, 6.45) is 5.45. The molecule has 0 fully saturated rings. The SMILES string of the molecule is Cc1c(-c2ccc3c(c2)CCN(C[C@@H](O)SCN)C3)cnn(C2=CCCN(C(=O)NC[C@H](O)CN3CCc4ccccc4C3)C2)c1=O. The second kappa shape index (κ2) is 15.1. The summed E-state index contributed by atoms with van der Waals surface area (Å²) < 4.78 is 1.41. The van der Waals surface area contributed by atoms with Crippen molar-refractivity contribution in [2.75, 3.05) is 51.7 Å². The molecule has 250 valence electrons. The summed E-state index contributed by atoms with van der Waals surface area (Å²) in [5.41, 5.74) is 13.0. The molecule has 0 radical (unpaired) electrons. The fourth-order valence-electron chi connectivity index (χ4n) is 6.80. The van der Waals surface area contributed by atoms with E-state index in [1.807, 2.05) is 25.1 Å². The lowest BCUT2D eigenvalue weighted by Gasteiger charge is -2.31.